The molecule has 0 aliphatic heterocycles. The van der Waals surface area contributed by atoms with Crippen molar-refractivity contribution in [3.05, 3.63) is 34.9 Å². The SMILES string of the molecule is CC(C)(C)c1cc(C(N)CC(N)=O)cc(C(C)(C)C)c1. The van der Waals surface area contributed by atoms with Gasteiger partial charge in [0.15, 0.2) is 0 Å². The van der Waals surface area contributed by atoms with Crippen LogP contribution in [0.5, 0.6) is 0 Å². The van der Waals surface area contributed by atoms with Gasteiger partial charge in [0.2, 0.25) is 5.91 Å². The molecule has 0 radical (unpaired) electrons. The number of nitrogens with two attached hydrogens (primary N) is 2. The van der Waals surface area contributed by atoms with E-state index in [-0.39, 0.29) is 29.2 Å². The Kier molecular flexibility index (Phi) is 4.65. The minimum atomic E-state index is -0.365. The van der Waals surface area contributed by atoms with Gasteiger partial charge in [0.1, 0.15) is 0 Å². The fourth-order valence-corrected chi connectivity index (χ4v) is 2.07. The molecule has 1 unspecified atom stereocenters. The van der Waals surface area contributed by atoms with Crippen LogP contribution >= 0.6 is 0 Å². The van der Waals surface area contributed by atoms with Gasteiger partial charge in [-0.15, -0.1) is 0 Å². The summed E-state index contributed by atoms with van der Waals surface area (Å²) in [4.78, 5) is 11.1. The number of carbonyl (C=O) groups is 1. The zero-order chi connectivity index (χ0) is 15.7. The van der Waals surface area contributed by atoms with Gasteiger partial charge in [-0.1, -0.05) is 59.7 Å². The Bertz CT molecular complexity index is 460. The van der Waals surface area contributed by atoms with Crippen LogP contribution in [0.3, 0.4) is 0 Å². The van der Waals surface area contributed by atoms with Crippen molar-refractivity contribution in [1.82, 2.24) is 0 Å². The maximum Gasteiger partial charge on any atom is 0.219 e. The van der Waals surface area contributed by atoms with Crippen LogP contribution in [-0.4, -0.2) is 5.91 Å². The zero-order valence-electron chi connectivity index (χ0n) is 13.6. The van der Waals surface area contributed by atoms with Crippen molar-refractivity contribution in [2.75, 3.05) is 0 Å². The molecule has 1 rings (SSSR count). The van der Waals surface area contributed by atoms with Gasteiger partial charge in [0.25, 0.3) is 0 Å². The van der Waals surface area contributed by atoms with Crippen molar-refractivity contribution in [3.8, 4) is 0 Å². The van der Waals surface area contributed by atoms with E-state index in [1.807, 2.05) is 0 Å². The molecule has 1 aromatic rings. The monoisotopic (exact) mass is 276 g/mol. The summed E-state index contributed by atoms with van der Waals surface area (Å²) in [5.74, 6) is -0.365. The number of carbonyl (C=O) groups excluding carboxylic acids is 1. The summed E-state index contributed by atoms with van der Waals surface area (Å²) in [7, 11) is 0. The Hall–Kier alpha value is -1.35. The van der Waals surface area contributed by atoms with Crippen molar-refractivity contribution in [1.29, 1.82) is 0 Å². The fraction of sp³-hybridized carbons (Fsp3) is 0.588. The van der Waals surface area contributed by atoms with E-state index in [1.54, 1.807) is 0 Å². The molecule has 0 saturated heterocycles. The molecule has 4 N–H and O–H groups in total. The third-order valence-corrected chi connectivity index (χ3v) is 3.54. The molecule has 0 aliphatic carbocycles. The maximum atomic E-state index is 11.1. The third kappa shape index (κ3) is 4.34. The highest BCUT2D eigenvalue weighted by atomic mass is 16.1. The van der Waals surface area contributed by atoms with E-state index in [9.17, 15) is 4.79 Å². The van der Waals surface area contributed by atoms with Crippen molar-refractivity contribution in [2.45, 2.75) is 64.8 Å². The Morgan fingerprint density at radius 2 is 1.40 bits per heavy atom. The highest BCUT2D eigenvalue weighted by Gasteiger charge is 2.22. The lowest BCUT2D eigenvalue weighted by Gasteiger charge is -2.27. The van der Waals surface area contributed by atoms with Crippen molar-refractivity contribution < 1.29 is 4.79 Å². The molecule has 1 amide bonds. The Morgan fingerprint density at radius 3 is 1.70 bits per heavy atom. The molecule has 0 fully saturated rings. The summed E-state index contributed by atoms with van der Waals surface area (Å²) < 4.78 is 0. The Labute approximate surface area is 122 Å². The maximum absolute atomic E-state index is 11.1. The lowest BCUT2D eigenvalue weighted by molar-refractivity contribution is -0.118. The normalized spacial score (nSPS) is 14.2. The first kappa shape index (κ1) is 16.7. The second kappa shape index (κ2) is 5.57. The van der Waals surface area contributed by atoms with E-state index in [0.29, 0.717) is 0 Å². The van der Waals surface area contributed by atoms with Gasteiger partial charge < -0.3 is 11.5 Å². The first-order valence-electron chi connectivity index (χ1n) is 7.11. The van der Waals surface area contributed by atoms with Crippen LogP contribution in [0, 0.1) is 0 Å². The van der Waals surface area contributed by atoms with Crippen LogP contribution < -0.4 is 11.5 Å². The largest absolute Gasteiger partial charge is 0.370 e. The van der Waals surface area contributed by atoms with E-state index < -0.39 is 0 Å². The number of primary amides is 1. The Morgan fingerprint density at radius 1 is 1.00 bits per heavy atom. The number of amides is 1. The van der Waals surface area contributed by atoms with Gasteiger partial charge >= 0.3 is 0 Å². The molecule has 0 spiro atoms. The number of hydrogen-bond donors (Lipinski definition) is 2. The highest BCUT2D eigenvalue weighted by Crippen LogP contribution is 2.32. The van der Waals surface area contributed by atoms with Crippen molar-refractivity contribution in [3.63, 3.8) is 0 Å². The van der Waals surface area contributed by atoms with Crippen LogP contribution in [0.1, 0.15) is 70.7 Å². The second-order valence-electron chi connectivity index (χ2n) is 7.62. The molecule has 20 heavy (non-hydrogen) atoms. The van der Waals surface area contributed by atoms with Crippen LogP contribution in [0.2, 0.25) is 0 Å². The summed E-state index contributed by atoms with van der Waals surface area (Å²) in [6.07, 6.45) is 0.178. The number of rotatable bonds is 3. The molecule has 0 heterocycles. The van der Waals surface area contributed by atoms with Gasteiger partial charge in [-0.25, -0.2) is 0 Å². The summed E-state index contributed by atoms with van der Waals surface area (Å²) >= 11 is 0. The van der Waals surface area contributed by atoms with Crippen molar-refractivity contribution >= 4 is 5.91 Å². The van der Waals surface area contributed by atoms with Gasteiger partial charge in [-0.3, -0.25) is 4.79 Å². The van der Waals surface area contributed by atoms with Gasteiger partial charge in [0, 0.05) is 12.5 Å². The average molecular weight is 276 g/mol. The standard InChI is InChI=1S/C17H28N2O/c1-16(2,3)12-7-11(14(18)10-15(19)20)8-13(9-12)17(4,5)6/h7-9,14H,10,18H2,1-6H3,(H2,19,20). The van der Waals surface area contributed by atoms with Crippen LogP contribution in [-0.2, 0) is 15.6 Å². The van der Waals surface area contributed by atoms with Crippen LogP contribution in [0.15, 0.2) is 18.2 Å². The predicted molar refractivity (Wildman–Crippen MR) is 84.6 cm³/mol. The molecule has 0 saturated carbocycles. The second-order valence-corrected chi connectivity index (χ2v) is 7.62. The van der Waals surface area contributed by atoms with Crippen LogP contribution in [0.4, 0.5) is 0 Å². The summed E-state index contributed by atoms with van der Waals surface area (Å²) in [5.41, 5.74) is 14.9. The average Bonchev–Trinajstić information content (AvgIpc) is 2.25. The quantitative estimate of drug-likeness (QED) is 0.890. The van der Waals surface area contributed by atoms with Gasteiger partial charge in [-0.2, -0.15) is 0 Å². The molecule has 112 valence electrons. The topological polar surface area (TPSA) is 69.1 Å². The van der Waals surface area contributed by atoms with E-state index in [4.69, 9.17) is 11.5 Å². The molecule has 0 bridgehead atoms. The minimum absolute atomic E-state index is 0.0441. The third-order valence-electron chi connectivity index (χ3n) is 3.54. The molecular formula is C17H28N2O. The summed E-state index contributed by atoms with van der Waals surface area (Å²) in [6.45, 7) is 13.1. The van der Waals surface area contributed by atoms with E-state index in [2.05, 4.69) is 59.7 Å². The van der Waals surface area contributed by atoms with E-state index in [0.717, 1.165) is 5.56 Å². The highest BCUT2D eigenvalue weighted by molar-refractivity contribution is 5.74. The molecule has 0 aromatic heterocycles. The zero-order valence-corrected chi connectivity index (χ0v) is 13.6. The van der Waals surface area contributed by atoms with Crippen LogP contribution in [0.25, 0.3) is 0 Å². The molecular weight excluding hydrogens is 248 g/mol. The summed E-state index contributed by atoms with van der Waals surface area (Å²) in [6, 6.07) is 6.10. The van der Waals surface area contributed by atoms with Crippen molar-refractivity contribution in [2.24, 2.45) is 11.5 Å². The van der Waals surface area contributed by atoms with Gasteiger partial charge in [0.05, 0.1) is 0 Å². The predicted octanol–water partition coefficient (Wildman–Crippen LogP) is 3.16. The smallest absolute Gasteiger partial charge is 0.219 e. The summed E-state index contributed by atoms with van der Waals surface area (Å²) in [5, 5.41) is 0. The van der Waals surface area contributed by atoms with E-state index >= 15 is 0 Å². The lowest BCUT2D eigenvalue weighted by atomic mass is 9.78. The fourth-order valence-electron chi connectivity index (χ4n) is 2.07. The van der Waals surface area contributed by atoms with E-state index in [1.165, 1.54) is 11.1 Å². The van der Waals surface area contributed by atoms with Gasteiger partial charge in [-0.05, 0) is 27.5 Å². The molecule has 3 nitrogen and oxygen atoms in total. The number of benzene rings is 1. The number of hydrogen-bond acceptors (Lipinski definition) is 2. The first-order valence-corrected chi connectivity index (χ1v) is 7.11. The molecule has 3 heteroatoms. The minimum Gasteiger partial charge on any atom is -0.370 e. The lowest BCUT2D eigenvalue weighted by Crippen LogP contribution is -2.23. The molecule has 1 atom stereocenters. The molecule has 0 aliphatic rings. The first-order chi connectivity index (χ1) is 8.91. The molecule has 1 aromatic carbocycles. The Balaban J connectivity index is 3.34.